The second-order valence-corrected chi connectivity index (χ2v) is 4.06. The first-order valence-electron chi connectivity index (χ1n) is 6.13. The first-order chi connectivity index (χ1) is 9.10. The van der Waals surface area contributed by atoms with E-state index in [0.717, 1.165) is 0 Å². The first kappa shape index (κ1) is 13.3. The molecule has 1 atom stereocenters. The Labute approximate surface area is 110 Å². The molecule has 0 heterocycles. The van der Waals surface area contributed by atoms with Crippen molar-refractivity contribution in [2.45, 2.75) is 26.4 Å². The van der Waals surface area contributed by atoms with Gasteiger partial charge in [0.1, 0.15) is 5.75 Å². The fourth-order valence-electron chi connectivity index (χ4n) is 1.98. The molecule has 1 aromatic rings. The lowest BCUT2D eigenvalue weighted by Crippen LogP contribution is -2.28. The van der Waals surface area contributed by atoms with E-state index in [0.29, 0.717) is 12.4 Å². The van der Waals surface area contributed by atoms with E-state index in [-0.39, 0.29) is 17.5 Å². The molecule has 0 spiro atoms. The average molecular weight is 262 g/mol. The van der Waals surface area contributed by atoms with Gasteiger partial charge in [0, 0.05) is 12.0 Å². The van der Waals surface area contributed by atoms with Crippen LogP contribution in [0.1, 0.15) is 41.0 Å². The Morgan fingerprint density at radius 3 is 2.58 bits per heavy atom. The molecule has 5 nitrogen and oxygen atoms in total. The summed E-state index contributed by atoms with van der Waals surface area (Å²) in [5.41, 5.74) is 0.466. The highest BCUT2D eigenvalue weighted by Gasteiger charge is 2.43. The third kappa shape index (κ3) is 2.23. The van der Waals surface area contributed by atoms with Gasteiger partial charge in [-0.1, -0.05) is 19.1 Å². The van der Waals surface area contributed by atoms with Gasteiger partial charge in [-0.05, 0) is 13.0 Å². The smallest absolute Gasteiger partial charge is 0.306 e. The predicted octanol–water partition coefficient (Wildman–Crippen LogP) is 1.79. The van der Waals surface area contributed by atoms with E-state index in [1.165, 1.54) is 6.07 Å². The zero-order chi connectivity index (χ0) is 14.0. The number of hydrogen-bond acceptors (Lipinski definition) is 5. The summed E-state index contributed by atoms with van der Waals surface area (Å²) in [7, 11) is 0. The molecule has 0 aromatic heterocycles. The number of benzene rings is 1. The van der Waals surface area contributed by atoms with Crippen molar-refractivity contribution in [3.8, 4) is 5.75 Å². The third-order valence-electron chi connectivity index (χ3n) is 2.85. The average Bonchev–Trinajstić information content (AvgIpc) is 2.65. The Morgan fingerprint density at radius 2 is 1.95 bits per heavy atom. The Morgan fingerprint density at radius 1 is 1.21 bits per heavy atom. The number of Topliss-reactive ketones (excluding diaryl/α,β-unsaturated/α-hetero) is 2. The molecular weight excluding hydrogens is 248 g/mol. The van der Waals surface area contributed by atoms with Gasteiger partial charge in [-0.2, -0.15) is 0 Å². The van der Waals surface area contributed by atoms with Crippen LogP contribution in [0.15, 0.2) is 18.2 Å². The predicted molar refractivity (Wildman–Crippen MR) is 66.4 cm³/mol. The molecule has 0 bridgehead atoms. The number of carbonyl (C=O) groups excluding carboxylic acids is 3. The summed E-state index contributed by atoms with van der Waals surface area (Å²) in [5.74, 6) is -1.21. The van der Waals surface area contributed by atoms with E-state index >= 15 is 0 Å². The lowest BCUT2D eigenvalue weighted by atomic mass is 10.1. The highest BCUT2D eigenvalue weighted by Crippen LogP contribution is 2.32. The molecule has 0 saturated carbocycles. The zero-order valence-electron chi connectivity index (χ0n) is 10.8. The Bertz CT molecular complexity index is 547. The maximum absolute atomic E-state index is 12.2. The van der Waals surface area contributed by atoms with Gasteiger partial charge in [-0.25, -0.2) is 0 Å². The van der Waals surface area contributed by atoms with Crippen LogP contribution in [-0.4, -0.2) is 30.2 Å². The molecule has 0 fully saturated rings. The third-order valence-corrected chi connectivity index (χ3v) is 2.85. The van der Waals surface area contributed by atoms with Crippen LogP contribution in [0.3, 0.4) is 0 Å². The van der Waals surface area contributed by atoms with Crippen LogP contribution in [0.5, 0.6) is 5.75 Å². The summed E-state index contributed by atoms with van der Waals surface area (Å²) in [6, 6.07) is 4.80. The lowest BCUT2D eigenvalue weighted by molar-refractivity contribution is -0.144. The monoisotopic (exact) mass is 262 g/mol. The lowest BCUT2D eigenvalue weighted by Gasteiger charge is -2.08. The van der Waals surface area contributed by atoms with Gasteiger partial charge in [0.05, 0.1) is 12.2 Å². The SMILES string of the molecule is CCOc1cccc2c1C(=O)C(OC(=O)CC)C2=O. The number of ketones is 2. The number of esters is 1. The molecule has 1 aliphatic carbocycles. The van der Waals surface area contributed by atoms with Gasteiger partial charge in [0.25, 0.3) is 0 Å². The minimum absolute atomic E-state index is 0.117. The number of ether oxygens (including phenoxy) is 2. The van der Waals surface area contributed by atoms with Crippen molar-refractivity contribution < 1.29 is 23.9 Å². The van der Waals surface area contributed by atoms with Gasteiger partial charge in [-0.15, -0.1) is 0 Å². The van der Waals surface area contributed by atoms with Gasteiger partial charge in [0.2, 0.25) is 17.7 Å². The molecule has 1 aliphatic rings. The Hall–Kier alpha value is -2.17. The fraction of sp³-hybridized carbons (Fsp3) is 0.357. The standard InChI is InChI=1S/C14H14O5/c1-3-10(15)19-14-12(16)8-6-5-7-9(18-4-2)11(8)13(14)17/h5-7,14H,3-4H2,1-2H3. The number of carbonyl (C=O) groups is 3. The molecule has 1 unspecified atom stereocenters. The van der Waals surface area contributed by atoms with E-state index in [2.05, 4.69) is 0 Å². The van der Waals surface area contributed by atoms with E-state index in [1.807, 2.05) is 0 Å². The summed E-state index contributed by atoms with van der Waals surface area (Å²) in [6.07, 6.45) is -1.24. The maximum Gasteiger partial charge on any atom is 0.306 e. The van der Waals surface area contributed by atoms with Crippen molar-refractivity contribution in [3.05, 3.63) is 29.3 Å². The summed E-state index contributed by atoms with van der Waals surface area (Å²) < 4.78 is 10.2. The largest absolute Gasteiger partial charge is 0.493 e. The van der Waals surface area contributed by atoms with E-state index in [4.69, 9.17) is 9.47 Å². The van der Waals surface area contributed by atoms with Crippen molar-refractivity contribution >= 4 is 17.5 Å². The Balaban J connectivity index is 2.38. The minimum atomic E-state index is -1.36. The molecular formula is C14H14O5. The second kappa shape index (κ2) is 5.22. The van der Waals surface area contributed by atoms with E-state index in [1.54, 1.807) is 26.0 Å². The topological polar surface area (TPSA) is 69.7 Å². The molecule has 5 heteroatoms. The van der Waals surface area contributed by atoms with Crippen molar-refractivity contribution in [1.82, 2.24) is 0 Å². The number of rotatable bonds is 4. The molecule has 0 N–H and O–H groups in total. The Kier molecular flexibility index (Phi) is 3.64. The highest BCUT2D eigenvalue weighted by molar-refractivity contribution is 6.30. The van der Waals surface area contributed by atoms with Crippen molar-refractivity contribution in [3.63, 3.8) is 0 Å². The van der Waals surface area contributed by atoms with Crippen LogP contribution in [0.25, 0.3) is 0 Å². The molecule has 100 valence electrons. The zero-order valence-corrected chi connectivity index (χ0v) is 10.8. The van der Waals surface area contributed by atoms with Crippen LogP contribution in [0.4, 0.5) is 0 Å². The van der Waals surface area contributed by atoms with Crippen LogP contribution in [0, 0.1) is 0 Å². The van der Waals surface area contributed by atoms with Gasteiger partial charge in [-0.3, -0.25) is 14.4 Å². The molecule has 0 amide bonds. The maximum atomic E-state index is 12.2. The van der Waals surface area contributed by atoms with Crippen LogP contribution < -0.4 is 4.74 Å². The van der Waals surface area contributed by atoms with Crippen molar-refractivity contribution in [1.29, 1.82) is 0 Å². The molecule has 0 radical (unpaired) electrons. The highest BCUT2D eigenvalue weighted by atomic mass is 16.6. The second-order valence-electron chi connectivity index (χ2n) is 4.06. The molecule has 0 aliphatic heterocycles. The van der Waals surface area contributed by atoms with Crippen molar-refractivity contribution in [2.75, 3.05) is 6.61 Å². The summed E-state index contributed by atoms with van der Waals surface area (Å²) in [6.45, 7) is 3.78. The van der Waals surface area contributed by atoms with Crippen molar-refractivity contribution in [2.24, 2.45) is 0 Å². The summed E-state index contributed by atoms with van der Waals surface area (Å²) in [5, 5.41) is 0. The molecule has 0 saturated heterocycles. The summed E-state index contributed by atoms with van der Waals surface area (Å²) >= 11 is 0. The van der Waals surface area contributed by atoms with E-state index < -0.39 is 23.6 Å². The molecule has 2 rings (SSSR count). The minimum Gasteiger partial charge on any atom is -0.493 e. The van der Waals surface area contributed by atoms with Gasteiger partial charge in [0.15, 0.2) is 0 Å². The summed E-state index contributed by atoms with van der Waals surface area (Å²) in [4.78, 5) is 35.5. The molecule has 19 heavy (non-hydrogen) atoms. The number of hydrogen-bond donors (Lipinski definition) is 0. The number of fused-ring (bicyclic) bond motifs is 1. The first-order valence-corrected chi connectivity index (χ1v) is 6.13. The van der Waals surface area contributed by atoms with Gasteiger partial charge < -0.3 is 9.47 Å². The van der Waals surface area contributed by atoms with Crippen LogP contribution in [-0.2, 0) is 9.53 Å². The van der Waals surface area contributed by atoms with E-state index in [9.17, 15) is 14.4 Å². The normalized spacial score (nSPS) is 17.3. The van der Waals surface area contributed by atoms with Gasteiger partial charge >= 0.3 is 5.97 Å². The quantitative estimate of drug-likeness (QED) is 0.611. The van der Waals surface area contributed by atoms with Crippen LogP contribution in [0.2, 0.25) is 0 Å². The molecule has 1 aromatic carbocycles. The fourth-order valence-corrected chi connectivity index (χ4v) is 1.98. The van der Waals surface area contributed by atoms with Crippen LogP contribution >= 0.6 is 0 Å².